The Morgan fingerprint density at radius 3 is 2.47 bits per heavy atom. The van der Waals surface area contributed by atoms with Gasteiger partial charge >= 0.3 is 0 Å². The van der Waals surface area contributed by atoms with E-state index in [0.29, 0.717) is 0 Å². The van der Waals surface area contributed by atoms with Gasteiger partial charge < -0.3 is 0 Å². The molecule has 0 atom stereocenters. The Morgan fingerprint density at radius 1 is 1.20 bits per heavy atom. The average molecular weight is 198 g/mol. The van der Waals surface area contributed by atoms with Crippen LogP contribution in [0, 0.1) is 11.8 Å². The number of hydrogen-bond acceptors (Lipinski definition) is 0. The van der Waals surface area contributed by atoms with E-state index >= 15 is 0 Å². The average Bonchev–Trinajstić information content (AvgIpc) is 2.28. The Morgan fingerprint density at radius 2 is 1.87 bits per heavy atom. The van der Waals surface area contributed by atoms with E-state index in [1.165, 1.54) is 30.4 Å². The second-order valence-electron chi connectivity index (χ2n) is 3.62. The summed E-state index contributed by atoms with van der Waals surface area (Å²) >= 11 is 0. The van der Waals surface area contributed by atoms with Gasteiger partial charge in [0.2, 0.25) is 0 Å². The lowest BCUT2D eigenvalue weighted by molar-refractivity contribution is 0.795. The topological polar surface area (TPSA) is 0 Å². The first kappa shape index (κ1) is 11.6. The molecule has 0 saturated heterocycles. The monoisotopic (exact) mass is 198 g/mol. The highest BCUT2D eigenvalue weighted by Crippen LogP contribution is 2.08. The Bertz CT molecular complexity index is 346. The summed E-state index contributed by atoms with van der Waals surface area (Å²) in [6.45, 7) is 5.79. The van der Waals surface area contributed by atoms with Crippen molar-refractivity contribution in [3.63, 3.8) is 0 Å². The van der Waals surface area contributed by atoms with Crippen LogP contribution in [0.3, 0.4) is 0 Å². The molecule has 0 aromatic heterocycles. The van der Waals surface area contributed by atoms with Crippen molar-refractivity contribution >= 4 is 0 Å². The van der Waals surface area contributed by atoms with Crippen LogP contribution in [0.25, 0.3) is 0 Å². The van der Waals surface area contributed by atoms with Crippen LogP contribution in [-0.2, 0) is 12.8 Å². The molecule has 15 heavy (non-hydrogen) atoms. The van der Waals surface area contributed by atoms with E-state index in [0.717, 1.165) is 6.42 Å². The van der Waals surface area contributed by atoms with Crippen molar-refractivity contribution < 1.29 is 0 Å². The number of aryl methyl sites for hydroxylation is 1. The number of allylic oxidation sites excluding steroid dienone is 1. The standard InChI is InChI=1S/C15H18/c1-3-5-7-9-15-12-10-14(11-13-15)8-6-4-2/h3,10-13H,1,4,6,8-9H2,2H3. The molecule has 0 spiro atoms. The van der Waals surface area contributed by atoms with Gasteiger partial charge in [-0.1, -0.05) is 56.0 Å². The van der Waals surface area contributed by atoms with Gasteiger partial charge in [-0.25, -0.2) is 0 Å². The summed E-state index contributed by atoms with van der Waals surface area (Å²) in [5.41, 5.74) is 2.71. The molecule has 0 N–H and O–H groups in total. The Kier molecular flexibility index (Phi) is 5.33. The molecule has 0 aliphatic heterocycles. The van der Waals surface area contributed by atoms with E-state index in [9.17, 15) is 0 Å². The SMILES string of the molecule is C=CC#CCc1ccc(CCCC)cc1. The molecule has 0 radical (unpaired) electrons. The van der Waals surface area contributed by atoms with Gasteiger partial charge in [-0.2, -0.15) is 0 Å². The normalized spacial score (nSPS) is 9.13. The molecule has 1 rings (SSSR count). The van der Waals surface area contributed by atoms with Crippen LogP contribution in [0.2, 0.25) is 0 Å². The zero-order chi connectivity index (χ0) is 10.9. The van der Waals surface area contributed by atoms with Gasteiger partial charge in [0.25, 0.3) is 0 Å². The molecular weight excluding hydrogens is 180 g/mol. The second-order valence-corrected chi connectivity index (χ2v) is 3.62. The molecule has 0 saturated carbocycles. The first-order chi connectivity index (χ1) is 7.36. The smallest absolute Gasteiger partial charge is 0.0343 e. The first-order valence-corrected chi connectivity index (χ1v) is 5.54. The Hall–Kier alpha value is -1.48. The molecule has 78 valence electrons. The van der Waals surface area contributed by atoms with Gasteiger partial charge in [-0.15, -0.1) is 0 Å². The molecule has 0 amide bonds. The second kappa shape index (κ2) is 6.90. The predicted molar refractivity (Wildman–Crippen MR) is 66.7 cm³/mol. The Labute approximate surface area is 93.0 Å². The summed E-state index contributed by atoms with van der Waals surface area (Å²) in [5.74, 6) is 5.91. The fourth-order valence-corrected chi connectivity index (χ4v) is 1.43. The summed E-state index contributed by atoms with van der Waals surface area (Å²) in [6, 6.07) is 8.76. The van der Waals surface area contributed by atoms with Crippen molar-refractivity contribution in [2.45, 2.75) is 32.6 Å². The summed E-state index contributed by atoms with van der Waals surface area (Å²) in [5, 5.41) is 0. The molecule has 0 nitrogen and oxygen atoms in total. The molecule has 0 heteroatoms. The lowest BCUT2D eigenvalue weighted by atomic mass is 10.1. The molecule has 1 aromatic carbocycles. The highest BCUT2D eigenvalue weighted by Gasteiger charge is 1.93. The van der Waals surface area contributed by atoms with Crippen molar-refractivity contribution in [2.24, 2.45) is 0 Å². The maximum Gasteiger partial charge on any atom is 0.0343 e. The van der Waals surface area contributed by atoms with E-state index < -0.39 is 0 Å². The van der Waals surface area contributed by atoms with E-state index in [4.69, 9.17) is 0 Å². The van der Waals surface area contributed by atoms with E-state index in [1.54, 1.807) is 6.08 Å². The fraction of sp³-hybridized carbons (Fsp3) is 0.333. The van der Waals surface area contributed by atoms with Crippen LogP contribution >= 0.6 is 0 Å². The van der Waals surface area contributed by atoms with Crippen molar-refractivity contribution in [1.29, 1.82) is 0 Å². The minimum atomic E-state index is 0.820. The Balaban J connectivity index is 2.52. The van der Waals surface area contributed by atoms with Crippen LogP contribution < -0.4 is 0 Å². The lowest BCUT2D eigenvalue weighted by Gasteiger charge is -2.00. The van der Waals surface area contributed by atoms with E-state index in [2.05, 4.69) is 49.6 Å². The number of unbranched alkanes of at least 4 members (excludes halogenated alkanes) is 1. The van der Waals surface area contributed by atoms with Crippen LogP contribution in [0.1, 0.15) is 30.9 Å². The first-order valence-electron chi connectivity index (χ1n) is 5.54. The molecule has 0 aliphatic rings. The molecule has 0 aliphatic carbocycles. The lowest BCUT2D eigenvalue weighted by Crippen LogP contribution is -1.86. The van der Waals surface area contributed by atoms with Crippen molar-refractivity contribution in [3.05, 3.63) is 48.0 Å². The third-order valence-corrected chi connectivity index (χ3v) is 2.34. The van der Waals surface area contributed by atoms with Gasteiger partial charge in [0, 0.05) is 6.42 Å². The van der Waals surface area contributed by atoms with Crippen molar-refractivity contribution in [1.82, 2.24) is 0 Å². The third-order valence-electron chi connectivity index (χ3n) is 2.34. The predicted octanol–water partition coefficient (Wildman–Crippen LogP) is 3.76. The zero-order valence-corrected chi connectivity index (χ0v) is 9.42. The summed E-state index contributed by atoms with van der Waals surface area (Å²) in [7, 11) is 0. The van der Waals surface area contributed by atoms with Gasteiger partial charge in [0.15, 0.2) is 0 Å². The van der Waals surface area contributed by atoms with Gasteiger partial charge in [-0.3, -0.25) is 0 Å². The van der Waals surface area contributed by atoms with Crippen molar-refractivity contribution in [2.75, 3.05) is 0 Å². The van der Waals surface area contributed by atoms with Crippen LogP contribution in [0.15, 0.2) is 36.9 Å². The highest BCUT2D eigenvalue weighted by atomic mass is 14.0. The van der Waals surface area contributed by atoms with Gasteiger partial charge in [0.1, 0.15) is 0 Å². The van der Waals surface area contributed by atoms with Crippen molar-refractivity contribution in [3.8, 4) is 11.8 Å². The summed E-state index contributed by atoms with van der Waals surface area (Å²) < 4.78 is 0. The van der Waals surface area contributed by atoms with Crippen LogP contribution in [0.5, 0.6) is 0 Å². The minimum absolute atomic E-state index is 0.820. The largest absolute Gasteiger partial charge is 0.0938 e. The maximum atomic E-state index is 3.57. The fourth-order valence-electron chi connectivity index (χ4n) is 1.43. The number of hydrogen-bond donors (Lipinski definition) is 0. The summed E-state index contributed by atoms with van der Waals surface area (Å²) in [4.78, 5) is 0. The van der Waals surface area contributed by atoms with E-state index in [-0.39, 0.29) is 0 Å². The number of rotatable bonds is 4. The van der Waals surface area contributed by atoms with Crippen LogP contribution in [0.4, 0.5) is 0 Å². The van der Waals surface area contributed by atoms with Gasteiger partial charge in [-0.05, 0) is 30.0 Å². The molecule has 0 unspecified atom stereocenters. The van der Waals surface area contributed by atoms with E-state index in [1.807, 2.05) is 0 Å². The van der Waals surface area contributed by atoms with Gasteiger partial charge in [0.05, 0.1) is 0 Å². The summed E-state index contributed by atoms with van der Waals surface area (Å²) in [6.07, 6.45) is 6.17. The molecule has 0 heterocycles. The highest BCUT2D eigenvalue weighted by molar-refractivity contribution is 5.27. The molecule has 0 bridgehead atoms. The molecule has 0 fully saturated rings. The minimum Gasteiger partial charge on any atom is -0.0938 e. The molecule has 1 aromatic rings. The third kappa shape index (κ3) is 4.51. The van der Waals surface area contributed by atoms with Crippen LogP contribution in [-0.4, -0.2) is 0 Å². The zero-order valence-electron chi connectivity index (χ0n) is 9.42. The number of benzene rings is 1. The quantitative estimate of drug-likeness (QED) is 0.646. The maximum absolute atomic E-state index is 3.57. The molecular formula is C15H18.